The third-order valence-corrected chi connectivity index (χ3v) is 8.69. The number of para-hydroxylation sites is 1. The van der Waals surface area contributed by atoms with Crippen molar-refractivity contribution in [2.24, 2.45) is 10.2 Å². The molecular weight excluding hydrogens is 687 g/mol. The van der Waals surface area contributed by atoms with E-state index >= 15 is 0 Å². The Morgan fingerprint density at radius 3 is 2.30 bits per heavy atom. The van der Waals surface area contributed by atoms with Crippen LogP contribution in [-0.4, -0.2) is 37.1 Å². The van der Waals surface area contributed by atoms with E-state index in [0.717, 1.165) is 39.2 Å². The Morgan fingerprint density at radius 2 is 1.60 bits per heavy atom. The lowest BCUT2D eigenvalue weighted by atomic mass is 10.1. The normalized spacial score (nSPS) is 12.2. The van der Waals surface area contributed by atoms with E-state index in [-0.39, 0.29) is 5.75 Å². The fourth-order valence-electron chi connectivity index (χ4n) is 5.26. The van der Waals surface area contributed by atoms with Gasteiger partial charge >= 0.3 is 6.36 Å². The summed E-state index contributed by atoms with van der Waals surface area (Å²) in [5.74, 6) is 0.712. The number of benzene rings is 4. The van der Waals surface area contributed by atoms with Crippen molar-refractivity contribution >= 4 is 29.2 Å². The summed E-state index contributed by atoms with van der Waals surface area (Å²) in [5, 5.41) is 20.4. The molecule has 0 N–H and O–H groups in total. The van der Waals surface area contributed by atoms with Crippen molar-refractivity contribution in [1.82, 2.24) is 24.5 Å². The molecule has 0 aliphatic rings. The number of aromatic nitrogens is 5. The summed E-state index contributed by atoms with van der Waals surface area (Å²) in [7, 11) is 0. The Morgan fingerprint density at radius 1 is 0.900 bits per heavy atom. The minimum atomic E-state index is -4.76. The molecule has 14 heteroatoms. The Labute approximate surface area is 292 Å². The van der Waals surface area contributed by atoms with Crippen molar-refractivity contribution < 1.29 is 22.4 Å². The van der Waals surface area contributed by atoms with Crippen LogP contribution in [0.25, 0.3) is 45.5 Å². The van der Waals surface area contributed by atoms with Crippen molar-refractivity contribution in [1.29, 1.82) is 0 Å². The molecule has 0 saturated carbocycles. The lowest BCUT2D eigenvalue weighted by molar-refractivity contribution is -0.274. The first-order valence-electron chi connectivity index (χ1n) is 15.1. The highest BCUT2D eigenvalue weighted by Crippen LogP contribution is 2.31. The molecule has 0 bridgehead atoms. The maximum atomic E-state index is 12.5. The molecule has 9 nitrogen and oxygen atoms in total. The zero-order valence-corrected chi connectivity index (χ0v) is 27.9. The second-order valence-corrected chi connectivity index (χ2v) is 12.4. The number of alkyl halides is 3. The first-order valence-corrected chi connectivity index (χ1v) is 16.3. The molecule has 0 spiro atoms. The van der Waals surface area contributed by atoms with Gasteiger partial charge in [0.15, 0.2) is 11.6 Å². The molecule has 0 fully saturated rings. The van der Waals surface area contributed by atoms with Crippen LogP contribution in [0.5, 0.6) is 5.75 Å². The maximum Gasteiger partial charge on any atom is 0.573 e. The van der Waals surface area contributed by atoms with Gasteiger partial charge in [0.25, 0.3) is 0 Å². The minimum absolute atomic E-state index is 0.316. The van der Waals surface area contributed by atoms with Gasteiger partial charge in [0.05, 0.1) is 17.6 Å². The number of hydrogen-bond acceptors (Lipinski definition) is 8. The van der Waals surface area contributed by atoms with Crippen molar-refractivity contribution in [3.63, 3.8) is 0 Å². The predicted molar refractivity (Wildman–Crippen MR) is 186 cm³/mol. The summed E-state index contributed by atoms with van der Waals surface area (Å²) in [4.78, 5) is 4.99. The van der Waals surface area contributed by atoms with Gasteiger partial charge in [-0.3, -0.25) is 4.57 Å². The second-order valence-electron chi connectivity index (χ2n) is 11.1. The second kappa shape index (κ2) is 13.6. The third kappa shape index (κ3) is 7.14. The third-order valence-electron chi connectivity index (χ3n) is 7.62. The number of ether oxygens (including phenoxy) is 1. The smallest absolute Gasteiger partial charge is 0.406 e. The lowest BCUT2D eigenvalue weighted by Crippen LogP contribution is -2.17. The predicted octanol–water partition coefficient (Wildman–Crippen LogP) is 9.21. The van der Waals surface area contributed by atoms with Gasteiger partial charge in [-0.05, 0) is 66.9 Å². The van der Waals surface area contributed by atoms with Crippen LogP contribution in [-0.2, 0) is 0 Å². The zero-order chi connectivity index (χ0) is 34.8. The van der Waals surface area contributed by atoms with E-state index in [1.807, 2.05) is 96.6 Å². The molecular formula is C36H25ClF3N7O2S. The Kier molecular flexibility index (Phi) is 8.91. The van der Waals surface area contributed by atoms with Gasteiger partial charge in [0.2, 0.25) is 4.80 Å². The van der Waals surface area contributed by atoms with Crippen LogP contribution in [0, 0.1) is 13.8 Å². The van der Waals surface area contributed by atoms with E-state index in [2.05, 4.69) is 30.2 Å². The molecule has 0 atom stereocenters. The van der Waals surface area contributed by atoms with E-state index in [0.29, 0.717) is 32.8 Å². The first kappa shape index (κ1) is 32.7. The largest absolute Gasteiger partial charge is 0.573 e. The van der Waals surface area contributed by atoms with Crippen LogP contribution >= 0.6 is 22.9 Å². The molecule has 0 radical (unpaired) electrons. The standard InChI is InChI=1S/C36H25ClF3N7O2S/c1-22-4-3-5-23(2)33(22)47-31(32-18-30(45-49-32)25-10-12-27(37)13-11-25)20-50-35(47)43-42-19-24-6-8-26(9-7-24)34-41-21-46(44-34)28-14-16-29(17-15-28)48-36(38,39)40/h3-21H,1-2H3. The SMILES string of the molecule is Cc1cccc(C)c1-n1c(-c2cc(-c3ccc(Cl)cc3)no2)csc1=NN=Cc1ccc(-c2ncn(-c3ccc(OC(F)(F)F)cc3)n2)cc1. The quantitative estimate of drug-likeness (QED) is 0.116. The monoisotopic (exact) mass is 711 g/mol. The molecule has 7 rings (SSSR count). The van der Waals surface area contributed by atoms with Gasteiger partial charge in [0, 0.05) is 27.6 Å². The lowest BCUT2D eigenvalue weighted by Gasteiger charge is -2.13. The van der Waals surface area contributed by atoms with E-state index in [4.69, 9.17) is 16.1 Å². The van der Waals surface area contributed by atoms with Crippen LogP contribution in [0.3, 0.4) is 0 Å². The zero-order valence-electron chi connectivity index (χ0n) is 26.3. The Hall–Kier alpha value is -5.79. The van der Waals surface area contributed by atoms with Crippen LogP contribution in [0.1, 0.15) is 16.7 Å². The molecule has 7 aromatic rings. The van der Waals surface area contributed by atoms with E-state index in [9.17, 15) is 13.2 Å². The van der Waals surface area contributed by atoms with Crippen molar-refractivity contribution in [2.45, 2.75) is 20.2 Å². The van der Waals surface area contributed by atoms with Crippen LogP contribution in [0.4, 0.5) is 13.2 Å². The van der Waals surface area contributed by atoms with Crippen molar-refractivity contribution in [3.8, 4) is 51.2 Å². The van der Waals surface area contributed by atoms with Crippen molar-refractivity contribution in [2.75, 3.05) is 0 Å². The van der Waals surface area contributed by atoms with Gasteiger partial charge in [0.1, 0.15) is 23.5 Å². The summed E-state index contributed by atoms with van der Waals surface area (Å²) in [6.45, 7) is 4.10. The van der Waals surface area contributed by atoms with Crippen LogP contribution < -0.4 is 9.54 Å². The minimum Gasteiger partial charge on any atom is -0.406 e. The Balaban J connectivity index is 1.14. The Bertz CT molecular complexity index is 2350. The topological polar surface area (TPSA) is 95.6 Å². The van der Waals surface area contributed by atoms with E-state index in [1.54, 1.807) is 6.21 Å². The fraction of sp³-hybridized carbons (Fsp3) is 0.0833. The molecule has 0 aliphatic carbocycles. The van der Waals surface area contributed by atoms with Gasteiger partial charge in [-0.25, -0.2) is 9.67 Å². The van der Waals surface area contributed by atoms with Gasteiger partial charge in [-0.1, -0.05) is 71.4 Å². The molecule has 0 unspecified atom stereocenters. The maximum absolute atomic E-state index is 12.5. The first-order chi connectivity index (χ1) is 24.1. The fourth-order valence-corrected chi connectivity index (χ4v) is 6.22. The van der Waals surface area contributed by atoms with Crippen LogP contribution in [0.15, 0.2) is 123 Å². The van der Waals surface area contributed by atoms with Gasteiger partial charge in [-0.2, -0.15) is 5.10 Å². The van der Waals surface area contributed by atoms with Crippen LogP contribution in [0.2, 0.25) is 5.02 Å². The number of halogens is 4. The molecule has 3 heterocycles. The van der Waals surface area contributed by atoms with E-state index in [1.165, 1.54) is 46.6 Å². The van der Waals surface area contributed by atoms with E-state index < -0.39 is 6.36 Å². The molecule has 0 saturated heterocycles. The number of nitrogens with zero attached hydrogens (tertiary/aromatic N) is 7. The molecule has 0 aliphatic heterocycles. The summed E-state index contributed by atoms with van der Waals surface area (Å²) >= 11 is 7.50. The number of rotatable bonds is 8. The summed E-state index contributed by atoms with van der Waals surface area (Å²) in [6, 6.07) is 28.2. The molecule has 3 aromatic heterocycles. The molecule has 50 heavy (non-hydrogen) atoms. The average Bonchev–Trinajstić information content (AvgIpc) is 3.86. The molecule has 4 aromatic carbocycles. The van der Waals surface area contributed by atoms with Gasteiger partial charge < -0.3 is 9.26 Å². The number of thiazole rings is 1. The number of aryl methyl sites for hydroxylation is 2. The number of hydrogen-bond donors (Lipinski definition) is 0. The molecule has 0 amide bonds. The average molecular weight is 712 g/mol. The highest BCUT2D eigenvalue weighted by Gasteiger charge is 2.31. The summed E-state index contributed by atoms with van der Waals surface area (Å²) < 4.78 is 50.7. The van der Waals surface area contributed by atoms with Crippen molar-refractivity contribution in [3.05, 3.63) is 135 Å². The highest BCUT2D eigenvalue weighted by molar-refractivity contribution is 7.07. The summed E-state index contributed by atoms with van der Waals surface area (Å²) in [5.41, 5.74) is 7.54. The van der Waals surface area contributed by atoms with Gasteiger partial charge in [-0.15, -0.1) is 34.7 Å². The summed E-state index contributed by atoms with van der Waals surface area (Å²) in [6.07, 6.45) is -1.62. The molecule has 250 valence electrons. The highest BCUT2D eigenvalue weighted by atomic mass is 35.5.